The summed E-state index contributed by atoms with van der Waals surface area (Å²) in [5.41, 5.74) is 0.390. The van der Waals surface area contributed by atoms with Gasteiger partial charge in [-0.3, -0.25) is 4.79 Å². The predicted molar refractivity (Wildman–Crippen MR) is 104 cm³/mol. The molecule has 8 heteroatoms. The Hall–Kier alpha value is -2.28. The molecule has 0 bridgehead atoms. The molecule has 1 N–H and O–H groups in total. The number of methoxy groups -OCH3 is 1. The van der Waals surface area contributed by atoms with Gasteiger partial charge in [-0.2, -0.15) is 0 Å². The van der Waals surface area contributed by atoms with Gasteiger partial charge in [0.25, 0.3) is 5.91 Å². The Kier molecular flexibility index (Phi) is 5.66. The van der Waals surface area contributed by atoms with Crippen molar-refractivity contribution in [2.24, 2.45) is 0 Å². The lowest BCUT2D eigenvalue weighted by Crippen LogP contribution is -2.21. The smallest absolute Gasteiger partial charge is 0.350 e. The van der Waals surface area contributed by atoms with Gasteiger partial charge in [0.05, 0.1) is 17.8 Å². The summed E-state index contributed by atoms with van der Waals surface area (Å²) in [6.45, 7) is -0.459. The SMILES string of the molecule is COc1ccc(Cl)cc1NC(=O)COC(=O)c1sc2ccccc2c1Cl. The molecule has 3 rings (SSSR count). The lowest BCUT2D eigenvalue weighted by Gasteiger charge is -2.10. The van der Waals surface area contributed by atoms with Crippen LogP contribution >= 0.6 is 34.5 Å². The fraction of sp³-hybridized carbons (Fsp3) is 0.111. The average molecular weight is 410 g/mol. The van der Waals surface area contributed by atoms with Gasteiger partial charge in [0, 0.05) is 15.1 Å². The Morgan fingerprint density at radius 1 is 1.15 bits per heavy atom. The summed E-state index contributed by atoms with van der Waals surface area (Å²) >= 11 is 13.4. The molecule has 3 aromatic rings. The van der Waals surface area contributed by atoms with Gasteiger partial charge in [0.1, 0.15) is 10.6 Å². The number of rotatable bonds is 5. The zero-order valence-electron chi connectivity index (χ0n) is 13.5. The molecular weight excluding hydrogens is 397 g/mol. The number of fused-ring (bicyclic) bond motifs is 1. The number of amides is 1. The van der Waals surface area contributed by atoms with Crippen molar-refractivity contribution < 1.29 is 19.1 Å². The van der Waals surface area contributed by atoms with E-state index < -0.39 is 18.5 Å². The molecule has 1 aromatic heterocycles. The highest BCUT2D eigenvalue weighted by Crippen LogP contribution is 2.35. The summed E-state index contributed by atoms with van der Waals surface area (Å²) in [7, 11) is 1.47. The molecule has 2 aromatic carbocycles. The summed E-state index contributed by atoms with van der Waals surface area (Å²) in [5.74, 6) is -0.720. The molecule has 0 fully saturated rings. The molecule has 1 heterocycles. The van der Waals surface area contributed by atoms with Crippen LogP contribution in [-0.4, -0.2) is 25.6 Å². The normalized spacial score (nSPS) is 10.6. The van der Waals surface area contributed by atoms with Crippen molar-refractivity contribution in [2.75, 3.05) is 19.0 Å². The number of benzene rings is 2. The second-order valence-electron chi connectivity index (χ2n) is 5.21. The molecule has 0 aliphatic carbocycles. The van der Waals surface area contributed by atoms with Crippen LogP contribution in [0, 0.1) is 0 Å². The lowest BCUT2D eigenvalue weighted by atomic mass is 10.2. The van der Waals surface area contributed by atoms with Crippen LogP contribution in [-0.2, 0) is 9.53 Å². The summed E-state index contributed by atoms with van der Waals surface area (Å²) < 4.78 is 11.1. The molecule has 0 saturated heterocycles. The number of carbonyl (C=O) groups is 2. The van der Waals surface area contributed by atoms with Crippen molar-refractivity contribution in [2.45, 2.75) is 0 Å². The van der Waals surface area contributed by atoms with Crippen molar-refractivity contribution in [3.63, 3.8) is 0 Å². The van der Waals surface area contributed by atoms with Crippen molar-refractivity contribution in [3.05, 3.63) is 57.4 Å². The van der Waals surface area contributed by atoms with E-state index in [1.807, 2.05) is 24.3 Å². The van der Waals surface area contributed by atoms with E-state index in [4.69, 9.17) is 32.7 Å². The first-order valence-electron chi connectivity index (χ1n) is 7.47. The molecule has 5 nitrogen and oxygen atoms in total. The second-order valence-corrected chi connectivity index (χ2v) is 7.08. The van der Waals surface area contributed by atoms with Gasteiger partial charge in [0.2, 0.25) is 0 Å². The van der Waals surface area contributed by atoms with Crippen molar-refractivity contribution in [3.8, 4) is 5.75 Å². The van der Waals surface area contributed by atoms with E-state index in [1.54, 1.807) is 18.2 Å². The number of nitrogens with one attached hydrogen (secondary N) is 1. The Balaban J connectivity index is 1.66. The number of thiophene rings is 1. The third kappa shape index (κ3) is 3.93. The van der Waals surface area contributed by atoms with E-state index >= 15 is 0 Å². The third-order valence-electron chi connectivity index (χ3n) is 3.49. The van der Waals surface area contributed by atoms with Crippen LogP contribution < -0.4 is 10.1 Å². The monoisotopic (exact) mass is 409 g/mol. The number of hydrogen-bond donors (Lipinski definition) is 1. The first-order valence-corrected chi connectivity index (χ1v) is 9.04. The van der Waals surface area contributed by atoms with Crippen molar-refractivity contribution in [1.82, 2.24) is 0 Å². The molecule has 26 heavy (non-hydrogen) atoms. The summed E-state index contributed by atoms with van der Waals surface area (Å²) in [4.78, 5) is 24.6. The maximum absolute atomic E-state index is 12.2. The second kappa shape index (κ2) is 7.95. The van der Waals surface area contributed by atoms with E-state index in [0.717, 1.165) is 10.1 Å². The summed E-state index contributed by atoms with van der Waals surface area (Å²) in [6.07, 6.45) is 0. The van der Waals surface area contributed by atoms with Gasteiger partial charge in [-0.1, -0.05) is 41.4 Å². The molecule has 0 aliphatic rings. The number of carbonyl (C=O) groups excluding carboxylic acids is 2. The topological polar surface area (TPSA) is 64.6 Å². The number of ether oxygens (including phenoxy) is 2. The molecule has 0 spiro atoms. The van der Waals surface area contributed by atoms with E-state index in [9.17, 15) is 9.59 Å². The third-order valence-corrected chi connectivity index (χ3v) is 5.38. The highest BCUT2D eigenvalue weighted by molar-refractivity contribution is 7.21. The van der Waals surface area contributed by atoms with Gasteiger partial charge >= 0.3 is 5.97 Å². The van der Waals surface area contributed by atoms with Crippen LogP contribution in [0.3, 0.4) is 0 Å². The van der Waals surface area contributed by atoms with E-state index in [1.165, 1.54) is 18.4 Å². The van der Waals surface area contributed by atoms with Crippen LogP contribution in [0.2, 0.25) is 10.0 Å². The van der Waals surface area contributed by atoms with Gasteiger partial charge in [-0.05, 0) is 24.3 Å². The fourth-order valence-electron chi connectivity index (χ4n) is 2.31. The highest BCUT2D eigenvalue weighted by Gasteiger charge is 2.19. The predicted octanol–water partition coefficient (Wildman–Crippen LogP) is 5.01. The van der Waals surface area contributed by atoms with Gasteiger partial charge in [-0.25, -0.2) is 4.79 Å². The molecule has 0 aliphatic heterocycles. The Morgan fingerprint density at radius 2 is 1.92 bits per heavy atom. The summed E-state index contributed by atoms with van der Waals surface area (Å²) in [6, 6.07) is 12.2. The zero-order valence-corrected chi connectivity index (χ0v) is 15.9. The molecule has 0 unspecified atom stereocenters. The zero-order chi connectivity index (χ0) is 18.7. The molecule has 1 amide bonds. The average Bonchev–Trinajstić information content (AvgIpc) is 2.97. The van der Waals surface area contributed by atoms with E-state index in [-0.39, 0.29) is 4.88 Å². The van der Waals surface area contributed by atoms with Crippen LogP contribution in [0.15, 0.2) is 42.5 Å². The molecule has 0 radical (unpaired) electrons. The number of esters is 1. The highest BCUT2D eigenvalue weighted by atomic mass is 35.5. The molecule has 134 valence electrons. The quantitative estimate of drug-likeness (QED) is 0.601. The first-order chi connectivity index (χ1) is 12.5. The minimum Gasteiger partial charge on any atom is -0.495 e. The van der Waals surface area contributed by atoms with E-state index in [0.29, 0.717) is 21.5 Å². The first kappa shape index (κ1) is 18.5. The van der Waals surface area contributed by atoms with Crippen molar-refractivity contribution in [1.29, 1.82) is 0 Å². The minimum atomic E-state index is -0.649. The Morgan fingerprint density at radius 3 is 2.65 bits per heavy atom. The van der Waals surface area contributed by atoms with E-state index in [2.05, 4.69) is 5.32 Å². The largest absolute Gasteiger partial charge is 0.495 e. The van der Waals surface area contributed by atoms with Crippen molar-refractivity contribution >= 4 is 62.2 Å². The number of hydrogen-bond acceptors (Lipinski definition) is 5. The number of halogens is 2. The van der Waals surface area contributed by atoms with Crippen LogP contribution in [0.4, 0.5) is 5.69 Å². The lowest BCUT2D eigenvalue weighted by molar-refractivity contribution is -0.119. The summed E-state index contributed by atoms with van der Waals surface area (Å²) in [5, 5.41) is 4.14. The molecule has 0 saturated carbocycles. The Bertz CT molecular complexity index is 986. The fourth-order valence-corrected chi connectivity index (χ4v) is 3.88. The maximum Gasteiger partial charge on any atom is 0.350 e. The molecular formula is C18H13Cl2NO4S. The molecule has 0 atom stereocenters. The minimum absolute atomic E-state index is 0.265. The Labute approximate surface area is 163 Å². The van der Waals surface area contributed by atoms with Crippen LogP contribution in [0.1, 0.15) is 9.67 Å². The van der Waals surface area contributed by atoms with Crippen LogP contribution in [0.25, 0.3) is 10.1 Å². The maximum atomic E-state index is 12.2. The van der Waals surface area contributed by atoms with Gasteiger partial charge in [-0.15, -0.1) is 11.3 Å². The van der Waals surface area contributed by atoms with Crippen LogP contribution in [0.5, 0.6) is 5.75 Å². The van der Waals surface area contributed by atoms with Gasteiger partial charge in [0.15, 0.2) is 6.61 Å². The standard InChI is InChI=1S/C18H13Cl2NO4S/c1-24-13-7-6-10(19)8-12(13)21-15(22)9-25-18(23)17-16(20)11-4-2-3-5-14(11)26-17/h2-8H,9H2,1H3,(H,21,22). The number of anilines is 1. The van der Waals surface area contributed by atoms with Gasteiger partial charge < -0.3 is 14.8 Å².